The molecule has 33 heavy (non-hydrogen) atoms. The normalized spacial score (nSPS) is 15.3. The molecule has 2 aromatic carbocycles. The van der Waals surface area contributed by atoms with E-state index in [2.05, 4.69) is 38.0 Å². The monoisotopic (exact) mass is 446 g/mol. The second kappa shape index (κ2) is 9.75. The molecule has 1 fully saturated rings. The molecule has 0 amide bonds. The average molecular weight is 447 g/mol. The van der Waals surface area contributed by atoms with Gasteiger partial charge >= 0.3 is 0 Å². The Hall–Kier alpha value is -3.19. The summed E-state index contributed by atoms with van der Waals surface area (Å²) < 4.78 is 17.7. The molecule has 0 unspecified atom stereocenters. The molecule has 0 radical (unpaired) electrons. The third-order valence-corrected chi connectivity index (χ3v) is 6.70. The third-order valence-electron chi connectivity index (χ3n) is 6.70. The van der Waals surface area contributed by atoms with E-state index < -0.39 is 0 Å². The first-order valence-corrected chi connectivity index (χ1v) is 11.8. The van der Waals surface area contributed by atoms with Gasteiger partial charge in [-0.05, 0) is 61.7 Å². The van der Waals surface area contributed by atoms with Gasteiger partial charge in [0.15, 0.2) is 0 Å². The Labute approximate surface area is 194 Å². The minimum absolute atomic E-state index is 0.198. The van der Waals surface area contributed by atoms with E-state index in [9.17, 15) is 4.39 Å². The summed E-state index contributed by atoms with van der Waals surface area (Å²) in [6.45, 7) is 4.88. The number of likely N-dealkylation sites (tertiary alicyclic amines) is 1. The molecule has 0 atom stereocenters. The van der Waals surface area contributed by atoms with Gasteiger partial charge in [0.1, 0.15) is 11.6 Å². The summed E-state index contributed by atoms with van der Waals surface area (Å²) in [5.41, 5.74) is 3.28. The highest BCUT2D eigenvalue weighted by Gasteiger charge is 2.22. The molecular formula is C26H31FN6. The number of aromatic nitrogens is 4. The van der Waals surface area contributed by atoms with Crippen molar-refractivity contribution in [3.05, 3.63) is 78.1 Å². The number of fused-ring (bicyclic) bond motifs is 1. The van der Waals surface area contributed by atoms with Crippen LogP contribution in [0.5, 0.6) is 0 Å². The van der Waals surface area contributed by atoms with Crippen LogP contribution in [0.25, 0.3) is 11.0 Å². The number of nitrogens with zero attached hydrogens (tertiary/aromatic N) is 5. The molecule has 0 spiro atoms. The van der Waals surface area contributed by atoms with E-state index >= 15 is 0 Å². The number of anilines is 1. The summed E-state index contributed by atoms with van der Waals surface area (Å²) in [6, 6.07) is 15.1. The summed E-state index contributed by atoms with van der Waals surface area (Å²) in [6.07, 6.45) is 7.12. The molecular weight excluding hydrogens is 415 g/mol. The molecule has 3 heterocycles. The Kier molecular flexibility index (Phi) is 6.39. The third kappa shape index (κ3) is 5.09. The molecule has 0 aliphatic carbocycles. The highest BCUT2D eigenvalue weighted by molar-refractivity contribution is 5.76. The van der Waals surface area contributed by atoms with Crippen molar-refractivity contribution in [2.75, 3.05) is 31.5 Å². The van der Waals surface area contributed by atoms with Crippen LogP contribution in [0.1, 0.15) is 24.2 Å². The Morgan fingerprint density at radius 3 is 2.61 bits per heavy atom. The summed E-state index contributed by atoms with van der Waals surface area (Å²) in [5, 5.41) is 3.41. The first kappa shape index (κ1) is 21.6. The quantitative estimate of drug-likeness (QED) is 0.438. The van der Waals surface area contributed by atoms with Gasteiger partial charge in [-0.2, -0.15) is 0 Å². The number of piperidine rings is 1. The van der Waals surface area contributed by atoms with Gasteiger partial charge in [0, 0.05) is 45.5 Å². The van der Waals surface area contributed by atoms with Crippen LogP contribution in [0.4, 0.5) is 10.3 Å². The highest BCUT2D eigenvalue weighted by atomic mass is 19.1. The van der Waals surface area contributed by atoms with Crippen LogP contribution in [-0.4, -0.2) is 50.2 Å². The van der Waals surface area contributed by atoms with E-state index in [1.54, 1.807) is 0 Å². The van der Waals surface area contributed by atoms with Gasteiger partial charge in [-0.3, -0.25) is 0 Å². The van der Waals surface area contributed by atoms with Crippen molar-refractivity contribution in [1.29, 1.82) is 0 Å². The summed E-state index contributed by atoms with van der Waals surface area (Å²) >= 11 is 0. The molecule has 0 bridgehead atoms. The maximum absolute atomic E-state index is 13.4. The van der Waals surface area contributed by atoms with Gasteiger partial charge in [-0.1, -0.05) is 24.3 Å². The molecule has 172 valence electrons. The SMILES string of the molecule is Cn1ccnc1NCCN1CCC(Cc2nc3ccccc3n2Cc2ccc(F)cc2)CC1. The first-order valence-electron chi connectivity index (χ1n) is 11.8. The standard InChI is InChI=1S/C26H31FN6/c1-31-16-12-28-26(31)29-13-17-32-14-10-20(11-15-32)18-25-30-23-4-2-3-5-24(23)33(25)19-21-6-8-22(27)9-7-21/h2-9,12,16,20H,10-11,13-15,17-19H2,1H3,(H,28,29). The lowest BCUT2D eigenvalue weighted by Gasteiger charge is -2.32. The van der Waals surface area contributed by atoms with Crippen LogP contribution in [-0.2, 0) is 20.0 Å². The van der Waals surface area contributed by atoms with E-state index in [1.807, 2.05) is 42.2 Å². The number of aryl methyl sites for hydroxylation is 1. The maximum Gasteiger partial charge on any atom is 0.202 e. The number of nitrogens with one attached hydrogen (secondary N) is 1. The number of halogens is 1. The Balaban J connectivity index is 1.21. The second-order valence-electron chi connectivity index (χ2n) is 9.01. The number of rotatable bonds is 8. The molecule has 1 aliphatic rings. The van der Waals surface area contributed by atoms with Crippen LogP contribution in [0.2, 0.25) is 0 Å². The zero-order valence-corrected chi connectivity index (χ0v) is 19.1. The molecule has 4 aromatic rings. The molecule has 6 nitrogen and oxygen atoms in total. The lowest BCUT2D eigenvalue weighted by Crippen LogP contribution is -2.37. The van der Waals surface area contributed by atoms with Crippen LogP contribution in [0.3, 0.4) is 0 Å². The van der Waals surface area contributed by atoms with Gasteiger partial charge in [-0.25, -0.2) is 14.4 Å². The fraction of sp³-hybridized carbons (Fsp3) is 0.385. The second-order valence-corrected chi connectivity index (χ2v) is 9.01. The van der Waals surface area contributed by atoms with Crippen LogP contribution < -0.4 is 5.32 Å². The minimum atomic E-state index is -0.198. The van der Waals surface area contributed by atoms with Crippen molar-refractivity contribution >= 4 is 17.0 Å². The largest absolute Gasteiger partial charge is 0.354 e. The van der Waals surface area contributed by atoms with Crippen LogP contribution in [0.15, 0.2) is 60.9 Å². The van der Waals surface area contributed by atoms with E-state index in [1.165, 1.54) is 25.0 Å². The predicted molar refractivity (Wildman–Crippen MR) is 130 cm³/mol. The van der Waals surface area contributed by atoms with Crippen molar-refractivity contribution in [2.45, 2.75) is 25.8 Å². The Morgan fingerprint density at radius 1 is 1.06 bits per heavy atom. The highest BCUT2D eigenvalue weighted by Crippen LogP contribution is 2.25. The van der Waals surface area contributed by atoms with Crippen molar-refractivity contribution in [2.24, 2.45) is 13.0 Å². The molecule has 0 saturated carbocycles. The lowest BCUT2D eigenvalue weighted by atomic mass is 9.93. The number of hydrogen-bond acceptors (Lipinski definition) is 4. The minimum Gasteiger partial charge on any atom is -0.354 e. The molecule has 1 N–H and O–H groups in total. The Bertz CT molecular complexity index is 1190. The predicted octanol–water partition coefficient (Wildman–Crippen LogP) is 4.32. The zero-order valence-electron chi connectivity index (χ0n) is 19.1. The van der Waals surface area contributed by atoms with Gasteiger partial charge in [0.25, 0.3) is 0 Å². The number of benzene rings is 2. The van der Waals surface area contributed by atoms with Crippen LogP contribution in [0, 0.1) is 11.7 Å². The van der Waals surface area contributed by atoms with Gasteiger partial charge in [0.2, 0.25) is 5.95 Å². The molecule has 1 aliphatic heterocycles. The van der Waals surface area contributed by atoms with E-state index in [0.29, 0.717) is 12.5 Å². The van der Waals surface area contributed by atoms with E-state index in [-0.39, 0.29) is 5.82 Å². The molecule has 1 saturated heterocycles. The average Bonchev–Trinajstić information content (AvgIpc) is 3.39. The maximum atomic E-state index is 13.4. The van der Waals surface area contributed by atoms with Gasteiger partial charge in [-0.15, -0.1) is 0 Å². The Morgan fingerprint density at radius 2 is 1.85 bits per heavy atom. The number of para-hydroxylation sites is 2. The first-order chi connectivity index (χ1) is 16.2. The molecule has 5 rings (SSSR count). The summed E-state index contributed by atoms with van der Waals surface area (Å²) in [4.78, 5) is 11.8. The number of hydrogen-bond donors (Lipinski definition) is 1. The van der Waals surface area contributed by atoms with Crippen molar-refractivity contribution in [3.63, 3.8) is 0 Å². The number of imidazole rings is 2. The van der Waals surface area contributed by atoms with Crippen LogP contribution >= 0.6 is 0 Å². The lowest BCUT2D eigenvalue weighted by molar-refractivity contribution is 0.188. The van der Waals surface area contributed by atoms with Gasteiger partial charge in [0.05, 0.1) is 11.0 Å². The van der Waals surface area contributed by atoms with Crippen molar-refractivity contribution in [1.82, 2.24) is 24.0 Å². The van der Waals surface area contributed by atoms with E-state index in [4.69, 9.17) is 4.98 Å². The van der Waals surface area contributed by atoms with Gasteiger partial charge < -0.3 is 19.4 Å². The smallest absolute Gasteiger partial charge is 0.202 e. The van der Waals surface area contributed by atoms with Crippen molar-refractivity contribution < 1.29 is 4.39 Å². The van der Waals surface area contributed by atoms with Crippen molar-refractivity contribution in [3.8, 4) is 0 Å². The summed E-state index contributed by atoms with van der Waals surface area (Å²) in [7, 11) is 2.00. The zero-order chi connectivity index (χ0) is 22.6. The fourth-order valence-electron chi connectivity index (χ4n) is 4.76. The van der Waals surface area contributed by atoms with E-state index in [0.717, 1.165) is 61.0 Å². The molecule has 2 aromatic heterocycles. The topological polar surface area (TPSA) is 50.9 Å². The molecule has 7 heteroatoms. The summed E-state index contributed by atoms with van der Waals surface area (Å²) in [5.74, 6) is 2.49. The fourth-order valence-corrected chi connectivity index (χ4v) is 4.76.